The molecule has 0 saturated carbocycles. The van der Waals surface area contributed by atoms with Crippen LogP contribution in [0.1, 0.15) is 0 Å². The number of imidazole rings is 1. The first-order valence-corrected chi connectivity index (χ1v) is 3.03. The van der Waals surface area contributed by atoms with Crippen LogP contribution in [0.15, 0.2) is 24.8 Å². The van der Waals surface area contributed by atoms with E-state index in [0.29, 0.717) is 5.82 Å². The lowest BCUT2D eigenvalue weighted by Crippen LogP contribution is -2.17. The Kier molecular flexibility index (Phi) is 1.01. The number of allylic oxidation sites excluding steroid dienone is 1. The van der Waals surface area contributed by atoms with E-state index in [1.165, 1.54) is 0 Å². The van der Waals surface area contributed by atoms with Crippen LogP contribution in [-0.4, -0.2) is 14.8 Å². The van der Waals surface area contributed by atoms with Gasteiger partial charge in [0.25, 0.3) is 0 Å². The van der Waals surface area contributed by atoms with Gasteiger partial charge in [-0.15, -0.1) is 0 Å². The zero-order valence-electron chi connectivity index (χ0n) is 5.31. The summed E-state index contributed by atoms with van der Waals surface area (Å²) in [6.45, 7) is 0.784. The summed E-state index contributed by atoms with van der Waals surface area (Å²) in [6, 6.07) is 0. The third-order valence-corrected chi connectivity index (χ3v) is 1.47. The van der Waals surface area contributed by atoms with E-state index in [0.717, 1.165) is 11.6 Å². The number of anilines is 1. The van der Waals surface area contributed by atoms with Gasteiger partial charge in [0.05, 0.1) is 12.5 Å². The molecule has 0 bridgehead atoms. The Morgan fingerprint density at radius 2 is 2.50 bits per heavy atom. The van der Waals surface area contributed by atoms with Gasteiger partial charge < -0.3 is 4.57 Å². The molecule has 0 unspecified atom stereocenters. The Balaban J connectivity index is 2.48. The van der Waals surface area contributed by atoms with Crippen molar-refractivity contribution in [1.29, 1.82) is 0 Å². The lowest BCUT2D eigenvalue weighted by atomic mass is 10.5. The van der Waals surface area contributed by atoms with Gasteiger partial charge in [-0.3, -0.25) is 5.21 Å². The zero-order chi connectivity index (χ0) is 6.97. The van der Waals surface area contributed by atoms with Gasteiger partial charge in [0.15, 0.2) is 5.82 Å². The van der Waals surface area contributed by atoms with Crippen molar-refractivity contribution >= 4 is 5.82 Å². The molecule has 2 heterocycles. The Hall–Kier alpha value is -1.29. The van der Waals surface area contributed by atoms with Crippen molar-refractivity contribution in [3.8, 4) is 0 Å². The highest BCUT2D eigenvalue weighted by molar-refractivity contribution is 5.39. The lowest BCUT2D eigenvalue weighted by Gasteiger charge is -2.16. The Morgan fingerprint density at radius 3 is 3.30 bits per heavy atom. The van der Waals surface area contributed by atoms with Crippen molar-refractivity contribution < 1.29 is 5.21 Å². The van der Waals surface area contributed by atoms with Crippen molar-refractivity contribution in [3.05, 3.63) is 24.8 Å². The van der Waals surface area contributed by atoms with E-state index in [1.54, 1.807) is 18.7 Å². The van der Waals surface area contributed by atoms with Gasteiger partial charge in [0.2, 0.25) is 0 Å². The number of hydroxylamine groups is 1. The average molecular weight is 137 g/mol. The molecule has 1 N–H and O–H groups in total. The molecule has 0 spiro atoms. The number of fused-ring (bicyclic) bond motifs is 1. The molecule has 0 radical (unpaired) electrons. The molecule has 2 rings (SSSR count). The standard InChI is InChI=1S/C6H7N3O/c10-9-3-1-2-8-5-7-4-6(8)9/h1,3-5,10H,2H2. The summed E-state index contributed by atoms with van der Waals surface area (Å²) in [7, 11) is 0. The van der Waals surface area contributed by atoms with Crippen LogP contribution >= 0.6 is 0 Å². The molecule has 0 amide bonds. The maximum Gasteiger partial charge on any atom is 0.157 e. The van der Waals surface area contributed by atoms with Crippen LogP contribution in [0, 0.1) is 0 Å². The van der Waals surface area contributed by atoms with Gasteiger partial charge in [0.1, 0.15) is 0 Å². The molecule has 1 aliphatic heterocycles. The zero-order valence-corrected chi connectivity index (χ0v) is 5.31. The average Bonchev–Trinajstić information content (AvgIpc) is 2.36. The van der Waals surface area contributed by atoms with E-state index in [9.17, 15) is 0 Å². The van der Waals surface area contributed by atoms with Crippen LogP contribution in [0.25, 0.3) is 0 Å². The maximum atomic E-state index is 9.14. The highest BCUT2D eigenvalue weighted by atomic mass is 16.5. The summed E-state index contributed by atoms with van der Waals surface area (Å²) < 4.78 is 1.85. The van der Waals surface area contributed by atoms with Crippen molar-refractivity contribution in [1.82, 2.24) is 9.55 Å². The van der Waals surface area contributed by atoms with E-state index in [1.807, 2.05) is 10.6 Å². The van der Waals surface area contributed by atoms with E-state index in [4.69, 9.17) is 5.21 Å². The van der Waals surface area contributed by atoms with Crippen LogP contribution in [0.5, 0.6) is 0 Å². The van der Waals surface area contributed by atoms with E-state index in [-0.39, 0.29) is 0 Å². The fourth-order valence-corrected chi connectivity index (χ4v) is 0.982. The van der Waals surface area contributed by atoms with Crippen molar-refractivity contribution in [2.24, 2.45) is 0 Å². The summed E-state index contributed by atoms with van der Waals surface area (Å²) >= 11 is 0. The van der Waals surface area contributed by atoms with Crippen molar-refractivity contribution in [3.63, 3.8) is 0 Å². The SMILES string of the molecule is ON1C=CCn2cncc21. The topological polar surface area (TPSA) is 41.3 Å². The molecular weight excluding hydrogens is 130 g/mol. The van der Waals surface area contributed by atoms with Gasteiger partial charge >= 0.3 is 0 Å². The first kappa shape index (κ1) is 5.49. The van der Waals surface area contributed by atoms with Gasteiger partial charge in [-0.2, -0.15) is 0 Å². The van der Waals surface area contributed by atoms with Crippen LogP contribution < -0.4 is 5.06 Å². The molecule has 10 heavy (non-hydrogen) atoms. The highest BCUT2D eigenvalue weighted by Gasteiger charge is 2.08. The summed E-state index contributed by atoms with van der Waals surface area (Å²) in [5, 5.41) is 10.2. The predicted molar refractivity (Wildman–Crippen MR) is 35.6 cm³/mol. The minimum Gasteiger partial charge on any atom is -0.312 e. The molecule has 52 valence electrons. The lowest BCUT2D eigenvalue weighted by molar-refractivity contribution is 0.285. The number of nitrogens with zero attached hydrogens (tertiary/aromatic N) is 3. The van der Waals surface area contributed by atoms with E-state index >= 15 is 0 Å². The predicted octanol–water partition coefficient (Wildman–Crippen LogP) is 0.606. The van der Waals surface area contributed by atoms with Gasteiger partial charge in [-0.25, -0.2) is 10.0 Å². The van der Waals surface area contributed by atoms with Gasteiger partial charge in [0, 0.05) is 12.7 Å². The van der Waals surface area contributed by atoms with Crippen LogP contribution in [0.3, 0.4) is 0 Å². The number of hydrogen-bond donors (Lipinski definition) is 1. The monoisotopic (exact) mass is 137 g/mol. The maximum absolute atomic E-state index is 9.14. The molecule has 0 aliphatic carbocycles. The molecule has 0 saturated heterocycles. The fraction of sp³-hybridized carbons (Fsp3) is 0.167. The van der Waals surface area contributed by atoms with Crippen LogP contribution in [0.4, 0.5) is 5.82 Å². The molecule has 1 aromatic rings. The Labute approximate surface area is 58.0 Å². The third kappa shape index (κ3) is 0.625. The second-order valence-electron chi connectivity index (χ2n) is 2.13. The molecule has 4 heteroatoms. The number of hydrogen-bond acceptors (Lipinski definition) is 3. The minimum absolute atomic E-state index is 0.711. The minimum atomic E-state index is 0.711. The Morgan fingerprint density at radius 1 is 1.60 bits per heavy atom. The quantitative estimate of drug-likeness (QED) is 0.569. The molecular formula is C6H7N3O. The van der Waals surface area contributed by atoms with Crippen LogP contribution in [-0.2, 0) is 6.54 Å². The number of rotatable bonds is 0. The second kappa shape index (κ2) is 1.85. The molecule has 4 nitrogen and oxygen atoms in total. The normalized spacial score (nSPS) is 15.5. The largest absolute Gasteiger partial charge is 0.312 e. The summed E-state index contributed by atoms with van der Waals surface area (Å²) in [6.07, 6.45) is 6.76. The van der Waals surface area contributed by atoms with E-state index in [2.05, 4.69) is 4.98 Å². The molecule has 0 aromatic carbocycles. The van der Waals surface area contributed by atoms with Crippen molar-refractivity contribution in [2.45, 2.75) is 6.54 Å². The van der Waals surface area contributed by atoms with Crippen LogP contribution in [0.2, 0.25) is 0 Å². The highest BCUT2D eigenvalue weighted by Crippen LogP contribution is 2.15. The number of aromatic nitrogens is 2. The molecule has 1 aliphatic rings. The second-order valence-corrected chi connectivity index (χ2v) is 2.13. The smallest absolute Gasteiger partial charge is 0.157 e. The van der Waals surface area contributed by atoms with Gasteiger partial charge in [-0.05, 0) is 6.08 Å². The fourth-order valence-electron chi connectivity index (χ4n) is 0.982. The summed E-state index contributed by atoms with van der Waals surface area (Å²) in [5.41, 5.74) is 0. The molecule has 0 fully saturated rings. The summed E-state index contributed by atoms with van der Waals surface area (Å²) in [5.74, 6) is 0.711. The first-order chi connectivity index (χ1) is 4.88. The van der Waals surface area contributed by atoms with Gasteiger partial charge in [-0.1, -0.05) is 0 Å². The summed E-state index contributed by atoms with van der Waals surface area (Å²) in [4.78, 5) is 3.88. The first-order valence-electron chi connectivity index (χ1n) is 3.03. The Bertz CT molecular complexity index is 266. The molecule has 0 atom stereocenters. The molecule has 1 aromatic heterocycles. The third-order valence-electron chi connectivity index (χ3n) is 1.47. The van der Waals surface area contributed by atoms with Crippen molar-refractivity contribution in [2.75, 3.05) is 5.06 Å². The van der Waals surface area contributed by atoms with E-state index < -0.39 is 0 Å².